The second-order valence-corrected chi connectivity index (χ2v) is 9.90. The maximum Gasteiger partial charge on any atom is 0.408 e. The van der Waals surface area contributed by atoms with Gasteiger partial charge in [0.2, 0.25) is 7.37 Å². The molecule has 0 bridgehead atoms. The zero-order valence-corrected chi connectivity index (χ0v) is 18.1. The van der Waals surface area contributed by atoms with Crippen LogP contribution in [0.15, 0.2) is 42.5 Å². The Bertz CT molecular complexity index is 966. The summed E-state index contributed by atoms with van der Waals surface area (Å²) in [5, 5.41) is 22.9. The van der Waals surface area contributed by atoms with Gasteiger partial charge in [-0.2, -0.15) is 0 Å². The summed E-state index contributed by atoms with van der Waals surface area (Å²) in [5.74, 6) is -2.73. The molecule has 11 nitrogen and oxygen atoms in total. The van der Waals surface area contributed by atoms with Gasteiger partial charge in [-0.1, -0.05) is 41.7 Å². The lowest BCUT2D eigenvalue weighted by Crippen LogP contribution is -2.42. The number of aliphatic hydroxyl groups excluding tert-OH is 1. The Morgan fingerprint density at radius 2 is 1.94 bits per heavy atom. The van der Waals surface area contributed by atoms with Crippen molar-refractivity contribution in [1.82, 2.24) is 5.32 Å². The first-order valence-electron chi connectivity index (χ1n) is 8.92. The summed E-state index contributed by atoms with van der Waals surface area (Å²) in [6, 6.07) is 9.82. The van der Waals surface area contributed by atoms with Crippen LogP contribution in [0.25, 0.3) is 0 Å². The van der Waals surface area contributed by atoms with Crippen LogP contribution in [0.3, 0.4) is 0 Å². The van der Waals surface area contributed by atoms with E-state index in [4.69, 9.17) is 4.74 Å². The van der Waals surface area contributed by atoms with E-state index in [-0.39, 0.29) is 22.9 Å². The van der Waals surface area contributed by atoms with Gasteiger partial charge in [0.25, 0.3) is 0 Å². The lowest BCUT2D eigenvalue weighted by atomic mass is 10.2. The van der Waals surface area contributed by atoms with Crippen molar-refractivity contribution in [3.8, 4) is 0 Å². The summed E-state index contributed by atoms with van der Waals surface area (Å²) in [6.07, 6.45) is -1.81. The van der Waals surface area contributed by atoms with Crippen molar-refractivity contribution in [1.29, 1.82) is 0 Å². The molecule has 0 saturated carbocycles. The van der Waals surface area contributed by atoms with Gasteiger partial charge < -0.3 is 24.8 Å². The molecule has 3 atom stereocenters. The number of thiophene rings is 1. The molecule has 1 heterocycles. The molecule has 2 rings (SSSR count). The van der Waals surface area contributed by atoms with Gasteiger partial charge >= 0.3 is 17.1 Å². The Kier molecular flexibility index (Phi) is 8.69. The highest BCUT2D eigenvalue weighted by molar-refractivity contribution is 7.58. The number of amides is 1. The predicted octanol–water partition coefficient (Wildman–Crippen LogP) is 2.78. The van der Waals surface area contributed by atoms with Gasteiger partial charge in [0, 0.05) is 17.1 Å². The van der Waals surface area contributed by atoms with Crippen molar-refractivity contribution in [2.45, 2.75) is 24.9 Å². The molecule has 0 spiro atoms. The molecule has 1 aromatic carbocycles. The second kappa shape index (κ2) is 11.0. The largest absolute Gasteiger partial charge is 0.467 e. The van der Waals surface area contributed by atoms with Crippen molar-refractivity contribution in [2.75, 3.05) is 13.3 Å². The highest BCUT2D eigenvalue weighted by Gasteiger charge is 2.35. The third kappa shape index (κ3) is 7.14. The minimum atomic E-state index is -4.29. The third-order valence-electron chi connectivity index (χ3n) is 4.16. The molecule has 3 N–H and O–H groups in total. The number of hydrogen-bond acceptors (Lipinski definition) is 9. The molecule has 168 valence electrons. The van der Waals surface area contributed by atoms with Crippen LogP contribution in [-0.4, -0.2) is 46.3 Å². The summed E-state index contributed by atoms with van der Waals surface area (Å²) in [7, 11) is -3.20. The number of methoxy groups -OCH3 is 1. The van der Waals surface area contributed by atoms with Gasteiger partial charge in [-0.25, -0.2) is 9.59 Å². The number of hydrogen-bond donors (Lipinski definition) is 3. The number of benzene rings is 1. The second-order valence-electron chi connectivity index (χ2n) is 6.36. The van der Waals surface area contributed by atoms with Crippen molar-refractivity contribution in [3.05, 3.63) is 63.0 Å². The van der Waals surface area contributed by atoms with E-state index in [0.717, 1.165) is 18.7 Å². The molecule has 31 heavy (non-hydrogen) atoms. The van der Waals surface area contributed by atoms with Crippen LogP contribution in [0.4, 0.5) is 9.80 Å². The quantitative estimate of drug-likeness (QED) is 0.204. The lowest BCUT2D eigenvalue weighted by Gasteiger charge is -2.20. The molecule has 13 heteroatoms. The van der Waals surface area contributed by atoms with Crippen molar-refractivity contribution >= 4 is 35.8 Å². The molecule has 0 radical (unpaired) electrons. The number of rotatable bonds is 10. The monoisotopic (exact) mass is 472 g/mol. The van der Waals surface area contributed by atoms with Gasteiger partial charge in [-0.05, 0) is 18.1 Å². The molecular weight excluding hydrogens is 451 g/mol. The number of nitrogens with one attached hydrogen (secondary N) is 1. The SMILES string of the molecule is COC(=O)[C@H](CCP(=O)(O)C(O)c1ccc([N+](=O)[O-])s1)NC(=O)OCc1ccccc1. The minimum absolute atomic E-state index is 0.0467. The molecule has 0 aliphatic rings. The molecule has 2 unspecified atom stereocenters. The number of ether oxygens (including phenoxy) is 2. The number of nitrogens with zero attached hydrogens (tertiary/aromatic N) is 1. The molecule has 2 aromatic rings. The lowest BCUT2D eigenvalue weighted by molar-refractivity contribution is -0.380. The summed E-state index contributed by atoms with van der Waals surface area (Å²) >= 11 is 0.573. The van der Waals surface area contributed by atoms with E-state index in [1.54, 1.807) is 30.3 Å². The van der Waals surface area contributed by atoms with Crippen LogP contribution in [0.2, 0.25) is 0 Å². The number of esters is 1. The van der Waals surface area contributed by atoms with Gasteiger partial charge in [0.1, 0.15) is 12.6 Å². The Hall–Kier alpha value is -2.79. The molecule has 0 aliphatic heterocycles. The molecule has 1 amide bonds. The molecule has 0 aliphatic carbocycles. The summed E-state index contributed by atoms with van der Waals surface area (Å²) < 4.78 is 22.2. The van der Waals surface area contributed by atoms with E-state index >= 15 is 0 Å². The van der Waals surface area contributed by atoms with Gasteiger partial charge in [0.05, 0.1) is 12.0 Å². The van der Waals surface area contributed by atoms with Crippen LogP contribution < -0.4 is 5.32 Å². The van der Waals surface area contributed by atoms with E-state index in [1.807, 2.05) is 0 Å². The van der Waals surface area contributed by atoms with Crippen LogP contribution in [0, 0.1) is 10.1 Å². The number of carbonyl (C=O) groups excluding carboxylic acids is 2. The topological polar surface area (TPSA) is 165 Å². The Morgan fingerprint density at radius 1 is 1.26 bits per heavy atom. The average Bonchev–Trinajstić information content (AvgIpc) is 3.25. The van der Waals surface area contributed by atoms with E-state index in [9.17, 15) is 34.3 Å². The fourth-order valence-electron chi connectivity index (χ4n) is 2.51. The summed E-state index contributed by atoms with van der Waals surface area (Å²) in [6.45, 7) is -0.0467. The highest BCUT2D eigenvalue weighted by atomic mass is 32.1. The van der Waals surface area contributed by atoms with Crippen LogP contribution in [0.1, 0.15) is 22.7 Å². The minimum Gasteiger partial charge on any atom is -0.467 e. The van der Waals surface area contributed by atoms with Crippen molar-refractivity contribution in [3.63, 3.8) is 0 Å². The molecular formula is C18H21N2O9PS. The first kappa shape index (κ1) is 24.5. The standard InChI is InChI=1S/C18H21N2O9PS/c1-28-16(21)13(19-18(23)29-11-12-5-3-2-4-6-12)9-10-30(26,27)17(22)14-7-8-15(31-14)20(24)25/h2-8,13,17,22H,9-11H2,1H3,(H,19,23)(H,26,27)/t13-,17?/m0/s1. The molecule has 0 fully saturated rings. The van der Waals surface area contributed by atoms with E-state index in [2.05, 4.69) is 10.1 Å². The fourth-order valence-corrected chi connectivity index (χ4v) is 5.21. The normalized spacial score (nSPS) is 14.7. The average molecular weight is 472 g/mol. The van der Waals surface area contributed by atoms with Crippen LogP contribution in [0.5, 0.6) is 0 Å². The van der Waals surface area contributed by atoms with Gasteiger partial charge in [-0.3, -0.25) is 14.7 Å². The zero-order chi connectivity index (χ0) is 23.0. The predicted molar refractivity (Wildman–Crippen MR) is 111 cm³/mol. The first-order valence-corrected chi connectivity index (χ1v) is 11.7. The molecule has 1 aromatic heterocycles. The Balaban J connectivity index is 1.97. The summed E-state index contributed by atoms with van der Waals surface area (Å²) in [5.41, 5.74) is 0.722. The number of carbonyl (C=O) groups is 2. The zero-order valence-electron chi connectivity index (χ0n) is 16.4. The third-order valence-corrected chi connectivity index (χ3v) is 7.36. The maximum atomic E-state index is 12.6. The fraction of sp³-hybridized carbons (Fsp3) is 0.333. The Labute approximate surface area is 181 Å². The number of aliphatic hydroxyl groups is 1. The van der Waals surface area contributed by atoms with E-state index in [0.29, 0.717) is 11.3 Å². The van der Waals surface area contributed by atoms with E-state index in [1.165, 1.54) is 6.07 Å². The number of alkyl carbamates (subject to hydrolysis) is 1. The highest BCUT2D eigenvalue weighted by Crippen LogP contribution is 2.56. The van der Waals surface area contributed by atoms with Crippen LogP contribution in [-0.2, 0) is 25.4 Å². The van der Waals surface area contributed by atoms with Crippen molar-refractivity contribution < 1.29 is 38.6 Å². The van der Waals surface area contributed by atoms with Crippen LogP contribution >= 0.6 is 18.7 Å². The van der Waals surface area contributed by atoms with E-state index < -0.39 is 42.4 Å². The maximum absolute atomic E-state index is 12.6. The Morgan fingerprint density at radius 3 is 2.52 bits per heavy atom. The molecule has 0 saturated heterocycles. The summed E-state index contributed by atoms with van der Waals surface area (Å²) in [4.78, 5) is 44.2. The first-order chi connectivity index (χ1) is 14.6. The number of nitro groups is 1. The smallest absolute Gasteiger partial charge is 0.408 e. The van der Waals surface area contributed by atoms with Gasteiger partial charge in [-0.15, -0.1) is 0 Å². The van der Waals surface area contributed by atoms with Gasteiger partial charge in [0.15, 0.2) is 5.85 Å². The van der Waals surface area contributed by atoms with Crippen molar-refractivity contribution in [2.24, 2.45) is 0 Å².